The largest absolute Gasteiger partial charge is 0.445 e. The average Bonchev–Trinajstić information content (AvgIpc) is 3.05. The van der Waals surface area contributed by atoms with E-state index in [-0.39, 0.29) is 22.5 Å². The molecule has 0 aromatic carbocycles. The van der Waals surface area contributed by atoms with Gasteiger partial charge in [-0.1, -0.05) is 11.3 Å². The van der Waals surface area contributed by atoms with E-state index < -0.39 is 17.2 Å². The molecule has 0 aliphatic carbocycles. The standard InChI is InChI=1S/C13H16F3N5OS/c1-8(5-6-9-4-3-7-21(9)2)17-11(22)18-12-20-19-10(23-12)13(14,15)16/h3-4,7-8H,5-6H2,1-2H3,(H2,17,18,20,22)/t8-/m1/s1. The number of urea groups is 1. The number of nitrogens with one attached hydrogen (secondary N) is 2. The van der Waals surface area contributed by atoms with Gasteiger partial charge in [0.1, 0.15) is 0 Å². The average molecular weight is 347 g/mol. The van der Waals surface area contributed by atoms with Crippen LogP contribution in [0, 0.1) is 0 Å². The van der Waals surface area contributed by atoms with Crippen molar-refractivity contribution in [1.29, 1.82) is 0 Å². The van der Waals surface area contributed by atoms with Crippen LogP contribution in [0.3, 0.4) is 0 Å². The molecule has 2 N–H and O–H groups in total. The smallest absolute Gasteiger partial charge is 0.354 e. The van der Waals surface area contributed by atoms with Crippen molar-refractivity contribution in [1.82, 2.24) is 20.1 Å². The molecule has 0 saturated heterocycles. The molecule has 2 amide bonds. The van der Waals surface area contributed by atoms with Gasteiger partial charge in [-0.2, -0.15) is 13.2 Å². The third-order valence-corrected chi connectivity index (χ3v) is 4.03. The van der Waals surface area contributed by atoms with Crippen molar-refractivity contribution in [3.05, 3.63) is 29.0 Å². The predicted octanol–water partition coefficient (Wildman–Crippen LogP) is 3.04. The van der Waals surface area contributed by atoms with Crippen molar-refractivity contribution in [2.24, 2.45) is 7.05 Å². The Labute approximate surface area is 134 Å². The number of aromatic nitrogens is 3. The number of rotatable bonds is 5. The molecule has 126 valence electrons. The van der Waals surface area contributed by atoms with Gasteiger partial charge in [-0.25, -0.2) is 4.79 Å². The summed E-state index contributed by atoms with van der Waals surface area (Å²) in [5, 5.41) is 9.93. The Bertz CT molecular complexity index is 667. The molecule has 0 aliphatic rings. The second kappa shape index (κ2) is 6.99. The lowest BCUT2D eigenvalue weighted by atomic mass is 10.1. The Morgan fingerprint density at radius 2 is 2.17 bits per heavy atom. The van der Waals surface area contributed by atoms with Crippen LogP contribution in [0.1, 0.15) is 24.0 Å². The molecule has 2 aromatic heterocycles. The van der Waals surface area contributed by atoms with Crippen LogP contribution in [0.2, 0.25) is 0 Å². The summed E-state index contributed by atoms with van der Waals surface area (Å²) in [6.45, 7) is 1.82. The first kappa shape index (κ1) is 17.3. The van der Waals surface area contributed by atoms with Gasteiger partial charge in [0.05, 0.1) is 0 Å². The highest BCUT2D eigenvalue weighted by atomic mass is 32.1. The minimum atomic E-state index is -4.56. The van der Waals surface area contributed by atoms with Crippen molar-refractivity contribution in [2.75, 3.05) is 5.32 Å². The molecule has 1 atom stereocenters. The van der Waals surface area contributed by atoms with E-state index in [9.17, 15) is 18.0 Å². The number of nitrogens with zero attached hydrogens (tertiary/aromatic N) is 3. The Morgan fingerprint density at radius 3 is 2.74 bits per heavy atom. The maximum Gasteiger partial charge on any atom is 0.445 e. The third-order valence-electron chi connectivity index (χ3n) is 3.15. The van der Waals surface area contributed by atoms with Crippen LogP contribution >= 0.6 is 11.3 Å². The van der Waals surface area contributed by atoms with Gasteiger partial charge >= 0.3 is 12.2 Å². The number of carbonyl (C=O) groups excluding carboxylic acids is 1. The van der Waals surface area contributed by atoms with Crippen molar-refractivity contribution in [3.63, 3.8) is 0 Å². The summed E-state index contributed by atoms with van der Waals surface area (Å²) in [4.78, 5) is 11.7. The molecule has 0 radical (unpaired) electrons. The first-order chi connectivity index (χ1) is 10.8. The number of hydrogen-bond donors (Lipinski definition) is 2. The van der Waals surface area contributed by atoms with Crippen LogP contribution < -0.4 is 10.6 Å². The lowest BCUT2D eigenvalue weighted by molar-refractivity contribution is -0.138. The predicted molar refractivity (Wildman–Crippen MR) is 80.3 cm³/mol. The van der Waals surface area contributed by atoms with Gasteiger partial charge in [0, 0.05) is 25.0 Å². The number of halogens is 3. The van der Waals surface area contributed by atoms with E-state index in [2.05, 4.69) is 20.8 Å². The number of amides is 2. The maximum absolute atomic E-state index is 12.4. The maximum atomic E-state index is 12.4. The highest BCUT2D eigenvalue weighted by molar-refractivity contribution is 7.15. The molecular formula is C13H16F3N5OS. The van der Waals surface area contributed by atoms with Gasteiger partial charge < -0.3 is 9.88 Å². The van der Waals surface area contributed by atoms with E-state index in [1.54, 1.807) is 0 Å². The molecule has 0 aliphatic heterocycles. The number of hydrogen-bond acceptors (Lipinski definition) is 4. The second-order valence-electron chi connectivity index (χ2n) is 5.06. The summed E-state index contributed by atoms with van der Waals surface area (Å²) in [5.41, 5.74) is 1.14. The van der Waals surface area contributed by atoms with E-state index in [0.29, 0.717) is 6.42 Å². The molecule has 10 heteroatoms. The minimum Gasteiger partial charge on any atom is -0.354 e. The quantitative estimate of drug-likeness (QED) is 0.873. The Kier molecular flexibility index (Phi) is 5.24. The number of anilines is 1. The van der Waals surface area contributed by atoms with Crippen molar-refractivity contribution in [2.45, 2.75) is 32.0 Å². The molecule has 0 fully saturated rings. The number of alkyl halides is 3. The van der Waals surface area contributed by atoms with Gasteiger partial charge in [-0.15, -0.1) is 10.2 Å². The van der Waals surface area contributed by atoms with Crippen LogP contribution in [0.25, 0.3) is 0 Å². The topological polar surface area (TPSA) is 71.8 Å². The van der Waals surface area contributed by atoms with Crippen LogP contribution in [0.5, 0.6) is 0 Å². The SMILES string of the molecule is C[C@H](CCc1cccn1C)NC(=O)Nc1nnc(C(F)(F)F)s1. The summed E-state index contributed by atoms with van der Waals surface area (Å²) in [6.07, 6.45) is -1.14. The molecular weight excluding hydrogens is 331 g/mol. The Hall–Kier alpha value is -2.10. The molecule has 6 nitrogen and oxygen atoms in total. The van der Waals surface area contributed by atoms with Crippen molar-refractivity contribution < 1.29 is 18.0 Å². The summed E-state index contributed by atoms with van der Waals surface area (Å²) in [5.74, 6) is 0. The van der Waals surface area contributed by atoms with Crippen LogP contribution in [-0.2, 0) is 19.6 Å². The molecule has 0 saturated carbocycles. The van der Waals surface area contributed by atoms with E-state index in [1.165, 1.54) is 0 Å². The zero-order valence-electron chi connectivity index (χ0n) is 12.5. The summed E-state index contributed by atoms with van der Waals surface area (Å²) >= 11 is 0.286. The Morgan fingerprint density at radius 1 is 1.43 bits per heavy atom. The van der Waals surface area contributed by atoms with E-state index in [4.69, 9.17) is 0 Å². The minimum absolute atomic E-state index is 0.139. The van der Waals surface area contributed by atoms with Crippen molar-refractivity contribution >= 4 is 22.5 Å². The van der Waals surface area contributed by atoms with Gasteiger partial charge in [0.2, 0.25) is 10.1 Å². The fourth-order valence-electron chi connectivity index (χ4n) is 1.94. The fourth-order valence-corrected chi connectivity index (χ4v) is 2.54. The van der Waals surface area contributed by atoms with Crippen LogP contribution in [-0.4, -0.2) is 26.8 Å². The molecule has 2 rings (SSSR count). The molecule has 2 heterocycles. The zero-order chi connectivity index (χ0) is 17.0. The first-order valence-electron chi connectivity index (χ1n) is 6.84. The second-order valence-corrected chi connectivity index (χ2v) is 6.04. The van der Waals surface area contributed by atoms with Crippen LogP contribution in [0.4, 0.5) is 23.1 Å². The number of aryl methyl sites for hydroxylation is 2. The van der Waals surface area contributed by atoms with E-state index >= 15 is 0 Å². The summed E-state index contributed by atoms with van der Waals surface area (Å²) in [7, 11) is 1.94. The Balaban J connectivity index is 1.80. The van der Waals surface area contributed by atoms with Crippen molar-refractivity contribution in [3.8, 4) is 0 Å². The molecule has 23 heavy (non-hydrogen) atoms. The van der Waals surface area contributed by atoms with E-state index in [1.807, 2.05) is 36.9 Å². The molecule has 0 bridgehead atoms. The summed E-state index contributed by atoms with van der Waals surface area (Å²) < 4.78 is 39.2. The lowest BCUT2D eigenvalue weighted by Gasteiger charge is -2.14. The molecule has 0 unspecified atom stereocenters. The molecule has 0 spiro atoms. The highest BCUT2D eigenvalue weighted by Gasteiger charge is 2.35. The summed E-state index contributed by atoms with van der Waals surface area (Å²) in [6, 6.07) is 3.19. The number of carbonyl (C=O) groups is 1. The van der Waals surface area contributed by atoms with Gasteiger partial charge in [-0.05, 0) is 31.9 Å². The normalized spacial score (nSPS) is 12.9. The first-order valence-corrected chi connectivity index (χ1v) is 7.66. The van der Waals surface area contributed by atoms with Crippen LogP contribution in [0.15, 0.2) is 18.3 Å². The lowest BCUT2D eigenvalue weighted by Crippen LogP contribution is -2.36. The van der Waals surface area contributed by atoms with E-state index in [0.717, 1.165) is 12.1 Å². The molecule has 2 aromatic rings. The fraction of sp³-hybridized carbons (Fsp3) is 0.462. The highest BCUT2D eigenvalue weighted by Crippen LogP contribution is 2.32. The van der Waals surface area contributed by atoms with Gasteiger partial charge in [0.15, 0.2) is 0 Å². The third kappa shape index (κ3) is 4.95. The zero-order valence-corrected chi connectivity index (χ0v) is 13.3. The monoisotopic (exact) mass is 347 g/mol. The van der Waals surface area contributed by atoms with Gasteiger partial charge in [0.25, 0.3) is 0 Å². The van der Waals surface area contributed by atoms with Gasteiger partial charge in [-0.3, -0.25) is 5.32 Å².